The highest BCUT2D eigenvalue weighted by Crippen LogP contribution is 2.28. The number of carboxylic acid groups (broad SMARTS) is 1. The van der Waals surface area contributed by atoms with E-state index in [2.05, 4.69) is 21.9 Å². The maximum atomic E-state index is 15.1. The van der Waals surface area contributed by atoms with Gasteiger partial charge in [-0.15, -0.1) is 0 Å². The Hall–Kier alpha value is -3.20. The van der Waals surface area contributed by atoms with Gasteiger partial charge in [-0.05, 0) is 40.0 Å². The monoisotopic (exact) mass is 440 g/mol. The lowest BCUT2D eigenvalue weighted by atomic mass is 10.0. The van der Waals surface area contributed by atoms with Gasteiger partial charge in [0.2, 0.25) is 0 Å². The number of fused-ring (bicyclic) bond motifs is 1. The highest BCUT2D eigenvalue weighted by atomic mass is 19.1. The smallest absolute Gasteiger partial charge is 0.408 e. The molecule has 1 aliphatic heterocycles. The summed E-state index contributed by atoms with van der Waals surface area (Å²) in [5, 5.41) is 13.9. The largest absolute Gasteiger partial charge is 0.465 e. The minimum Gasteiger partial charge on any atom is -0.465 e. The van der Waals surface area contributed by atoms with Crippen LogP contribution in [0.3, 0.4) is 0 Å². The van der Waals surface area contributed by atoms with E-state index in [1.54, 1.807) is 43.6 Å². The molecule has 0 bridgehead atoms. The molecule has 1 N–H and O–H groups in total. The Labute approximate surface area is 186 Å². The molecular weight excluding hydrogens is 411 g/mol. The average molecular weight is 441 g/mol. The van der Waals surface area contributed by atoms with Crippen molar-refractivity contribution in [3.8, 4) is 11.3 Å². The normalized spacial score (nSPS) is 15.3. The fourth-order valence-electron chi connectivity index (χ4n) is 3.90. The number of halogens is 1. The predicted molar refractivity (Wildman–Crippen MR) is 121 cm³/mol. The first kappa shape index (κ1) is 22.0. The highest BCUT2D eigenvalue weighted by molar-refractivity contribution is 5.78. The van der Waals surface area contributed by atoms with Crippen LogP contribution in [0.15, 0.2) is 36.7 Å². The summed E-state index contributed by atoms with van der Waals surface area (Å²) in [6.07, 6.45) is 2.53. The second-order valence-electron chi connectivity index (χ2n) is 9.24. The summed E-state index contributed by atoms with van der Waals surface area (Å²) in [5.74, 6) is 0.348. The summed E-state index contributed by atoms with van der Waals surface area (Å²) >= 11 is 0. The van der Waals surface area contributed by atoms with Gasteiger partial charge in [0.25, 0.3) is 0 Å². The Morgan fingerprint density at radius 3 is 2.53 bits per heavy atom. The molecule has 4 rings (SSSR count). The lowest BCUT2D eigenvalue weighted by Gasteiger charge is -2.33. The number of hydrogen-bond acceptors (Lipinski definition) is 5. The topological polar surface area (TPSA) is 77.2 Å². The zero-order chi connectivity index (χ0) is 23.0. The maximum Gasteiger partial charge on any atom is 0.408 e. The van der Waals surface area contributed by atoms with Crippen molar-refractivity contribution in [2.24, 2.45) is 0 Å². The van der Waals surface area contributed by atoms with Crippen molar-refractivity contribution >= 4 is 17.4 Å². The van der Waals surface area contributed by atoms with Crippen LogP contribution >= 0.6 is 0 Å². The highest BCUT2D eigenvalue weighted by Gasteiger charge is 2.27. The van der Waals surface area contributed by atoms with Gasteiger partial charge in [0, 0.05) is 42.8 Å². The van der Waals surface area contributed by atoms with Crippen molar-refractivity contribution in [1.82, 2.24) is 24.4 Å². The standard InChI is InChI=1S/C23H29FN6O2/c1-23(2,3)29(22(31)32)14-17-6-5-16(13-18(17)24)21-19-7-8-25-30(19)15-20(26-21)28-11-9-27(4)10-12-28/h5-8,13,15H,9-12,14H2,1-4H3,(H,31,32). The number of piperazine rings is 1. The molecule has 0 atom stereocenters. The summed E-state index contributed by atoms with van der Waals surface area (Å²) in [6, 6.07) is 6.72. The van der Waals surface area contributed by atoms with E-state index in [1.807, 2.05) is 12.3 Å². The molecule has 1 amide bonds. The number of benzene rings is 1. The van der Waals surface area contributed by atoms with Crippen LogP contribution in [0.1, 0.15) is 26.3 Å². The van der Waals surface area contributed by atoms with Crippen LogP contribution < -0.4 is 4.90 Å². The molecule has 1 aromatic carbocycles. The van der Waals surface area contributed by atoms with Crippen LogP contribution in [0, 0.1) is 5.82 Å². The van der Waals surface area contributed by atoms with Crippen LogP contribution in [-0.2, 0) is 6.54 Å². The molecule has 2 aromatic heterocycles. The molecule has 3 aromatic rings. The van der Waals surface area contributed by atoms with Gasteiger partial charge in [0.05, 0.1) is 30.1 Å². The fraction of sp³-hybridized carbons (Fsp3) is 0.435. The molecule has 0 radical (unpaired) electrons. The molecular formula is C23H29FN6O2. The summed E-state index contributed by atoms with van der Waals surface area (Å²) in [5.41, 5.74) is 1.75. The number of anilines is 1. The summed E-state index contributed by atoms with van der Waals surface area (Å²) in [6.45, 7) is 8.97. The lowest BCUT2D eigenvalue weighted by molar-refractivity contribution is 0.0949. The number of carbonyl (C=O) groups is 1. The molecule has 3 heterocycles. The fourth-order valence-corrected chi connectivity index (χ4v) is 3.90. The third kappa shape index (κ3) is 4.38. The van der Waals surface area contributed by atoms with Crippen molar-refractivity contribution in [3.63, 3.8) is 0 Å². The van der Waals surface area contributed by atoms with Crippen molar-refractivity contribution in [2.45, 2.75) is 32.9 Å². The Morgan fingerprint density at radius 1 is 1.19 bits per heavy atom. The summed E-state index contributed by atoms with van der Waals surface area (Å²) in [4.78, 5) is 22.2. The van der Waals surface area contributed by atoms with E-state index in [-0.39, 0.29) is 6.54 Å². The molecule has 32 heavy (non-hydrogen) atoms. The van der Waals surface area contributed by atoms with Gasteiger partial charge in [-0.1, -0.05) is 12.1 Å². The first-order valence-electron chi connectivity index (χ1n) is 10.7. The van der Waals surface area contributed by atoms with Crippen LogP contribution in [0.5, 0.6) is 0 Å². The minimum atomic E-state index is -1.08. The van der Waals surface area contributed by atoms with Crippen LogP contribution in [0.2, 0.25) is 0 Å². The minimum absolute atomic E-state index is 0.0260. The molecule has 1 fully saturated rings. The van der Waals surface area contributed by atoms with Crippen molar-refractivity contribution in [1.29, 1.82) is 0 Å². The van der Waals surface area contributed by atoms with Gasteiger partial charge in [-0.2, -0.15) is 5.10 Å². The SMILES string of the molecule is CN1CCN(c2cn3nccc3c(-c3ccc(CN(C(=O)O)C(C)(C)C)c(F)c3)n2)CC1. The number of rotatable bonds is 4. The molecule has 0 saturated carbocycles. The van der Waals surface area contributed by atoms with Gasteiger partial charge < -0.3 is 14.9 Å². The third-order valence-electron chi connectivity index (χ3n) is 5.90. The molecule has 0 aliphatic carbocycles. The Morgan fingerprint density at radius 2 is 1.91 bits per heavy atom. The van der Waals surface area contributed by atoms with Gasteiger partial charge >= 0.3 is 6.09 Å². The van der Waals surface area contributed by atoms with Crippen LogP contribution in [0.25, 0.3) is 16.8 Å². The number of nitrogens with zero attached hydrogens (tertiary/aromatic N) is 6. The van der Waals surface area contributed by atoms with E-state index in [9.17, 15) is 9.90 Å². The molecule has 8 nitrogen and oxygen atoms in total. The van der Waals surface area contributed by atoms with Crippen LogP contribution in [0.4, 0.5) is 15.0 Å². The Balaban J connectivity index is 1.69. The van der Waals surface area contributed by atoms with E-state index >= 15 is 4.39 Å². The van der Waals surface area contributed by atoms with E-state index in [0.717, 1.165) is 37.5 Å². The molecule has 9 heteroatoms. The van der Waals surface area contributed by atoms with Crippen molar-refractivity contribution in [2.75, 3.05) is 38.1 Å². The van der Waals surface area contributed by atoms with Gasteiger partial charge in [0.15, 0.2) is 0 Å². The number of aromatic nitrogens is 3. The third-order valence-corrected chi connectivity index (χ3v) is 5.90. The molecule has 1 saturated heterocycles. The number of likely N-dealkylation sites (N-methyl/N-ethyl adjacent to an activating group) is 1. The van der Waals surface area contributed by atoms with Crippen molar-refractivity contribution < 1.29 is 14.3 Å². The first-order chi connectivity index (χ1) is 15.1. The molecule has 170 valence electrons. The maximum absolute atomic E-state index is 15.1. The van der Waals surface area contributed by atoms with Crippen molar-refractivity contribution in [3.05, 3.63) is 48.0 Å². The van der Waals surface area contributed by atoms with Crippen LogP contribution in [-0.4, -0.2) is 74.4 Å². The zero-order valence-corrected chi connectivity index (χ0v) is 18.9. The van der Waals surface area contributed by atoms with Gasteiger partial charge in [-0.3, -0.25) is 4.90 Å². The lowest BCUT2D eigenvalue weighted by Crippen LogP contribution is -2.45. The average Bonchev–Trinajstić information content (AvgIpc) is 3.20. The van der Waals surface area contributed by atoms with E-state index in [4.69, 9.17) is 4.98 Å². The summed E-state index contributed by atoms with van der Waals surface area (Å²) in [7, 11) is 2.10. The summed E-state index contributed by atoms with van der Waals surface area (Å²) < 4.78 is 16.9. The van der Waals surface area contributed by atoms with Gasteiger partial charge in [-0.25, -0.2) is 18.7 Å². The van der Waals surface area contributed by atoms with E-state index < -0.39 is 17.4 Å². The second kappa shape index (κ2) is 8.38. The first-order valence-corrected chi connectivity index (χ1v) is 10.7. The Bertz CT molecular complexity index is 1130. The van der Waals surface area contributed by atoms with Gasteiger partial charge in [0.1, 0.15) is 11.6 Å². The molecule has 1 aliphatic rings. The zero-order valence-electron chi connectivity index (χ0n) is 18.9. The number of hydrogen-bond donors (Lipinski definition) is 1. The molecule has 0 unspecified atom stereocenters. The number of amides is 1. The quantitative estimate of drug-likeness (QED) is 0.669. The van der Waals surface area contributed by atoms with E-state index in [1.165, 1.54) is 11.0 Å². The Kier molecular flexibility index (Phi) is 5.77. The van der Waals surface area contributed by atoms with E-state index in [0.29, 0.717) is 16.8 Å². The molecule has 0 spiro atoms. The predicted octanol–water partition coefficient (Wildman–Crippen LogP) is 3.57. The second-order valence-corrected chi connectivity index (χ2v) is 9.24.